The van der Waals surface area contributed by atoms with Crippen LogP contribution in [0.15, 0.2) is 59.6 Å². The first-order valence-electron chi connectivity index (χ1n) is 9.93. The summed E-state index contributed by atoms with van der Waals surface area (Å²) < 4.78 is 5.65. The highest BCUT2D eigenvalue weighted by Crippen LogP contribution is 2.09. The topological polar surface area (TPSA) is 95.1 Å². The SMILES string of the molecule is CN=C(NCCOc1ccccc1)NCc1ccc(C(=O)N2CCNC(=O)C2)cc1.I. The third-order valence-corrected chi connectivity index (χ3v) is 4.62. The zero-order valence-electron chi connectivity index (χ0n) is 17.5. The minimum absolute atomic E-state index is 0. The second kappa shape index (κ2) is 12.8. The molecule has 0 saturated carbocycles. The maximum absolute atomic E-state index is 12.5. The van der Waals surface area contributed by atoms with Crippen molar-refractivity contribution < 1.29 is 14.3 Å². The lowest BCUT2D eigenvalue weighted by atomic mass is 10.1. The van der Waals surface area contributed by atoms with Crippen molar-refractivity contribution in [3.05, 3.63) is 65.7 Å². The van der Waals surface area contributed by atoms with Crippen LogP contribution in [0.1, 0.15) is 15.9 Å². The van der Waals surface area contributed by atoms with E-state index in [1.54, 1.807) is 24.1 Å². The number of ether oxygens (including phenoxy) is 1. The normalized spacial score (nSPS) is 13.6. The average molecular weight is 537 g/mol. The van der Waals surface area contributed by atoms with Crippen molar-refractivity contribution in [2.75, 3.05) is 39.8 Å². The van der Waals surface area contributed by atoms with Gasteiger partial charge in [0.1, 0.15) is 12.4 Å². The van der Waals surface area contributed by atoms with Crippen LogP contribution in [0.25, 0.3) is 0 Å². The van der Waals surface area contributed by atoms with E-state index in [-0.39, 0.29) is 42.3 Å². The number of piperazine rings is 1. The smallest absolute Gasteiger partial charge is 0.254 e. The van der Waals surface area contributed by atoms with Gasteiger partial charge in [0.25, 0.3) is 5.91 Å². The Bertz CT molecular complexity index is 874. The molecule has 9 heteroatoms. The molecule has 3 N–H and O–H groups in total. The number of halogens is 1. The molecule has 3 rings (SSSR count). The van der Waals surface area contributed by atoms with Crippen LogP contribution in [0.2, 0.25) is 0 Å². The molecule has 0 spiro atoms. The van der Waals surface area contributed by atoms with Gasteiger partial charge in [0.05, 0.1) is 13.1 Å². The predicted octanol–water partition coefficient (Wildman–Crippen LogP) is 1.62. The van der Waals surface area contributed by atoms with E-state index in [4.69, 9.17) is 4.74 Å². The van der Waals surface area contributed by atoms with E-state index in [9.17, 15) is 9.59 Å². The van der Waals surface area contributed by atoms with Crippen LogP contribution in [0.5, 0.6) is 5.75 Å². The Morgan fingerprint density at radius 1 is 1.13 bits per heavy atom. The van der Waals surface area contributed by atoms with E-state index in [1.807, 2.05) is 42.5 Å². The van der Waals surface area contributed by atoms with Gasteiger partial charge in [-0.2, -0.15) is 0 Å². The highest BCUT2D eigenvalue weighted by atomic mass is 127. The average Bonchev–Trinajstić information content (AvgIpc) is 2.79. The number of guanidine groups is 1. The summed E-state index contributed by atoms with van der Waals surface area (Å²) in [5.41, 5.74) is 1.60. The zero-order chi connectivity index (χ0) is 21.2. The molecular weight excluding hydrogens is 509 g/mol. The second-order valence-electron chi connectivity index (χ2n) is 6.79. The molecule has 8 nitrogen and oxygen atoms in total. The molecule has 2 amide bonds. The standard InChI is InChI=1S/C22H27N5O3.HI/c1-23-22(25-12-14-30-19-5-3-2-4-6-19)26-15-17-7-9-18(10-8-17)21(29)27-13-11-24-20(28)16-27;/h2-10H,11-16H2,1H3,(H,24,28)(H2,23,25,26);1H. The molecule has 1 aliphatic rings. The molecule has 2 aromatic rings. The monoisotopic (exact) mass is 537 g/mol. The summed E-state index contributed by atoms with van der Waals surface area (Å²) >= 11 is 0. The van der Waals surface area contributed by atoms with Crippen LogP contribution >= 0.6 is 24.0 Å². The van der Waals surface area contributed by atoms with Gasteiger partial charge in [-0.1, -0.05) is 30.3 Å². The summed E-state index contributed by atoms with van der Waals surface area (Å²) in [5, 5.41) is 9.16. The van der Waals surface area contributed by atoms with Crippen LogP contribution in [-0.2, 0) is 11.3 Å². The van der Waals surface area contributed by atoms with Crippen molar-refractivity contribution in [1.82, 2.24) is 20.9 Å². The van der Waals surface area contributed by atoms with Crippen LogP contribution in [-0.4, -0.2) is 62.5 Å². The van der Waals surface area contributed by atoms with Crippen LogP contribution in [0.3, 0.4) is 0 Å². The highest BCUT2D eigenvalue weighted by Gasteiger charge is 2.22. The quantitative estimate of drug-likeness (QED) is 0.216. The molecule has 0 atom stereocenters. The van der Waals surface area contributed by atoms with E-state index < -0.39 is 0 Å². The molecule has 0 aromatic heterocycles. The summed E-state index contributed by atoms with van der Waals surface area (Å²) in [5.74, 6) is 1.26. The van der Waals surface area contributed by atoms with Gasteiger partial charge < -0.3 is 25.6 Å². The lowest BCUT2D eigenvalue weighted by Crippen LogP contribution is -2.49. The van der Waals surface area contributed by atoms with E-state index in [0.717, 1.165) is 11.3 Å². The number of nitrogens with zero attached hydrogens (tertiary/aromatic N) is 2. The minimum Gasteiger partial charge on any atom is -0.492 e. The number of carbonyl (C=O) groups is 2. The molecular formula is C22H28IN5O3. The number of nitrogens with one attached hydrogen (secondary N) is 3. The number of hydrogen-bond acceptors (Lipinski definition) is 4. The zero-order valence-corrected chi connectivity index (χ0v) is 19.8. The maximum atomic E-state index is 12.5. The number of amides is 2. The highest BCUT2D eigenvalue weighted by molar-refractivity contribution is 14.0. The van der Waals surface area contributed by atoms with Gasteiger partial charge in [0, 0.05) is 32.2 Å². The fourth-order valence-electron chi connectivity index (χ4n) is 3.02. The van der Waals surface area contributed by atoms with E-state index in [1.165, 1.54) is 0 Å². The predicted molar refractivity (Wildman–Crippen MR) is 131 cm³/mol. The summed E-state index contributed by atoms with van der Waals surface area (Å²) in [6.07, 6.45) is 0. The lowest BCUT2D eigenvalue weighted by molar-refractivity contribution is -0.123. The molecule has 0 unspecified atom stereocenters. The third kappa shape index (κ3) is 7.74. The molecule has 1 saturated heterocycles. The molecule has 2 aromatic carbocycles. The van der Waals surface area contributed by atoms with Crippen molar-refractivity contribution in [2.45, 2.75) is 6.54 Å². The number of hydrogen-bond donors (Lipinski definition) is 3. The second-order valence-corrected chi connectivity index (χ2v) is 6.79. The Balaban J connectivity index is 0.00000341. The van der Waals surface area contributed by atoms with Gasteiger partial charge in [-0.3, -0.25) is 14.6 Å². The van der Waals surface area contributed by atoms with Crippen molar-refractivity contribution in [1.29, 1.82) is 0 Å². The van der Waals surface area contributed by atoms with Gasteiger partial charge in [-0.15, -0.1) is 24.0 Å². The van der Waals surface area contributed by atoms with E-state index in [0.29, 0.717) is 44.3 Å². The van der Waals surface area contributed by atoms with Gasteiger partial charge in [-0.25, -0.2) is 0 Å². The first kappa shape index (κ1) is 24.4. The minimum atomic E-state index is -0.125. The Kier molecular flexibility index (Phi) is 10.1. The fourth-order valence-corrected chi connectivity index (χ4v) is 3.02. The summed E-state index contributed by atoms with van der Waals surface area (Å²) in [4.78, 5) is 29.7. The number of carbonyl (C=O) groups excluding carboxylic acids is 2. The number of benzene rings is 2. The maximum Gasteiger partial charge on any atom is 0.254 e. The van der Waals surface area contributed by atoms with Gasteiger partial charge in [0.15, 0.2) is 5.96 Å². The molecule has 0 radical (unpaired) electrons. The molecule has 0 bridgehead atoms. The number of aliphatic imine (C=N–C) groups is 1. The van der Waals surface area contributed by atoms with Crippen molar-refractivity contribution >= 4 is 41.8 Å². The van der Waals surface area contributed by atoms with Gasteiger partial charge in [-0.05, 0) is 29.8 Å². The largest absolute Gasteiger partial charge is 0.492 e. The Hall–Kier alpha value is -2.82. The van der Waals surface area contributed by atoms with Crippen molar-refractivity contribution in [2.24, 2.45) is 4.99 Å². The molecule has 31 heavy (non-hydrogen) atoms. The fraction of sp³-hybridized carbons (Fsp3) is 0.318. The number of rotatable bonds is 7. The Morgan fingerprint density at radius 3 is 2.55 bits per heavy atom. The van der Waals surface area contributed by atoms with Gasteiger partial charge >= 0.3 is 0 Å². The van der Waals surface area contributed by atoms with Crippen LogP contribution in [0, 0.1) is 0 Å². The summed E-state index contributed by atoms with van der Waals surface area (Å²) in [6.45, 7) is 2.85. The molecule has 1 heterocycles. The van der Waals surface area contributed by atoms with Crippen molar-refractivity contribution in [3.63, 3.8) is 0 Å². The first-order valence-corrected chi connectivity index (χ1v) is 9.93. The molecule has 0 aliphatic carbocycles. The van der Waals surface area contributed by atoms with Gasteiger partial charge in [0.2, 0.25) is 5.91 Å². The van der Waals surface area contributed by atoms with E-state index in [2.05, 4.69) is 20.9 Å². The molecule has 1 aliphatic heterocycles. The molecule has 166 valence electrons. The Labute approximate surface area is 199 Å². The third-order valence-electron chi connectivity index (χ3n) is 4.62. The Morgan fingerprint density at radius 2 is 1.87 bits per heavy atom. The van der Waals surface area contributed by atoms with Crippen LogP contribution < -0.4 is 20.7 Å². The van der Waals surface area contributed by atoms with E-state index >= 15 is 0 Å². The van der Waals surface area contributed by atoms with Crippen LogP contribution in [0.4, 0.5) is 0 Å². The molecule has 1 fully saturated rings. The summed E-state index contributed by atoms with van der Waals surface area (Å²) in [6, 6.07) is 17.0. The lowest BCUT2D eigenvalue weighted by Gasteiger charge is -2.26. The summed E-state index contributed by atoms with van der Waals surface area (Å²) in [7, 11) is 1.71. The first-order chi connectivity index (χ1) is 14.7. The van der Waals surface area contributed by atoms with Crippen molar-refractivity contribution in [3.8, 4) is 5.75 Å². The number of para-hydroxylation sites is 1.